The number of nitrogens with one attached hydrogen (secondary N) is 1. The molecule has 2 amide bonds. The molecule has 7 heteroatoms. The van der Waals surface area contributed by atoms with E-state index >= 15 is 0 Å². The number of nitrogens with two attached hydrogens (primary N) is 2. The first-order chi connectivity index (χ1) is 9.06. The number of amides is 2. The lowest BCUT2D eigenvalue weighted by Crippen LogP contribution is -2.12. The highest BCUT2D eigenvalue weighted by molar-refractivity contribution is 5.93. The smallest absolute Gasteiger partial charge is 0.250 e. The Labute approximate surface area is 108 Å². The summed E-state index contributed by atoms with van der Waals surface area (Å²) in [5, 5.41) is 2.91. The first kappa shape index (κ1) is 12.5. The van der Waals surface area contributed by atoms with Gasteiger partial charge in [0.1, 0.15) is 11.6 Å². The summed E-state index contributed by atoms with van der Waals surface area (Å²) in [6.07, 6.45) is 2.73. The summed E-state index contributed by atoms with van der Waals surface area (Å²) in [5.41, 5.74) is 10.9. The largest absolute Gasteiger partial charge is 0.366 e. The van der Waals surface area contributed by atoms with Crippen molar-refractivity contribution in [1.29, 1.82) is 0 Å². The number of carbonyl (C=O) groups is 2. The van der Waals surface area contributed by atoms with E-state index in [4.69, 9.17) is 11.5 Å². The molecule has 2 heterocycles. The number of carbonyl (C=O) groups excluding carboxylic acids is 2. The SMILES string of the molecule is NC(=O)c1ccc(Nc2ccc(C(N)=O)cn2)nc1. The zero-order valence-electron chi connectivity index (χ0n) is 9.83. The summed E-state index contributed by atoms with van der Waals surface area (Å²) in [5.74, 6) is -0.0698. The molecule has 2 aromatic heterocycles. The van der Waals surface area contributed by atoms with Crippen molar-refractivity contribution in [2.75, 3.05) is 5.32 Å². The van der Waals surface area contributed by atoms with Gasteiger partial charge in [0.25, 0.3) is 0 Å². The minimum Gasteiger partial charge on any atom is -0.366 e. The summed E-state index contributed by atoms with van der Waals surface area (Å²) < 4.78 is 0. The van der Waals surface area contributed by atoms with Crippen molar-refractivity contribution < 1.29 is 9.59 Å². The first-order valence-electron chi connectivity index (χ1n) is 5.35. The van der Waals surface area contributed by atoms with Crippen LogP contribution in [0.1, 0.15) is 20.7 Å². The summed E-state index contributed by atoms with van der Waals surface area (Å²) in [4.78, 5) is 29.8. The number of pyridine rings is 2. The Kier molecular flexibility index (Phi) is 3.37. The Morgan fingerprint density at radius 2 is 1.26 bits per heavy atom. The van der Waals surface area contributed by atoms with Gasteiger partial charge in [0.15, 0.2) is 0 Å². The van der Waals surface area contributed by atoms with Gasteiger partial charge in [-0.25, -0.2) is 9.97 Å². The highest BCUT2D eigenvalue weighted by Gasteiger charge is 2.03. The molecule has 5 N–H and O–H groups in total. The predicted octanol–water partition coefficient (Wildman–Crippen LogP) is 0.418. The number of hydrogen-bond acceptors (Lipinski definition) is 5. The van der Waals surface area contributed by atoms with Crippen molar-refractivity contribution in [3.05, 3.63) is 47.8 Å². The summed E-state index contributed by atoms with van der Waals surface area (Å²) in [7, 11) is 0. The van der Waals surface area contributed by atoms with Gasteiger partial charge in [0, 0.05) is 12.4 Å². The lowest BCUT2D eigenvalue weighted by atomic mass is 10.2. The molecule has 0 aliphatic heterocycles. The van der Waals surface area contributed by atoms with Crippen LogP contribution in [0.15, 0.2) is 36.7 Å². The third-order valence-electron chi connectivity index (χ3n) is 2.35. The molecule has 0 radical (unpaired) electrons. The van der Waals surface area contributed by atoms with Crippen LogP contribution < -0.4 is 16.8 Å². The number of hydrogen-bond donors (Lipinski definition) is 3. The minimum absolute atomic E-state index is 0.322. The van der Waals surface area contributed by atoms with Gasteiger partial charge < -0.3 is 16.8 Å². The molecule has 0 bridgehead atoms. The third-order valence-corrected chi connectivity index (χ3v) is 2.35. The third kappa shape index (κ3) is 3.03. The number of aromatic nitrogens is 2. The standard InChI is InChI=1S/C12H11N5O2/c13-11(18)7-1-3-9(15-5-7)17-10-4-2-8(6-16-10)12(14)19/h1-6H,(H2,13,18)(H2,14,19)(H,15,16,17). The van der Waals surface area contributed by atoms with Gasteiger partial charge >= 0.3 is 0 Å². The van der Waals surface area contributed by atoms with Gasteiger partial charge in [0.05, 0.1) is 11.1 Å². The molecule has 0 saturated carbocycles. The normalized spacial score (nSPS) is 9.89. The maximum atomic E-state index is 10.9. The Balaban J connectivity index is 2.12. The van der Waals surface area contributed by atoms with Gasteiger partial charge in [-0.1, -0.05) is 0 Å². The van der Waals surface area contributed by atoms with Gasteiger partial charge in [0.2, 0.25) is 11.8 Å². The quantitative estimate of drug-likeness (QED) is 0.732. The first-order valence-corrected chi connectivity index (χ1v) is 5.35. The number of anilines is 2. The monoisotopic (exact) mass is 257 g/mol. The van der Waals surface area contributed by atoms with E-state index in [-0.39, 0.29) is 0 Å². The molecule has 2 rings (SSSR count). The molecule has 7 nitrogen and oxygen atoms in total. The molecule has 0 aromatic carbocycles. The van der Waals surface area contributed by atoms with Crippen LogP contribution in [-0.2, 0) is 0 Å². The number of rotatable bonds is 4. The topological polar surface area (TPSA) is 124 Å². The van der Waals surface area contributed by atoms with E-state index in [0.717, 1.165) is 0 Å². The predicted molar refractivity (Wildman–Crippen MR) is 68.8 cm³/mol. The summed E-state index contributed by atoms with van der Waals surface area (Å²) in [6, 6.07) is 6.30. The van der Waals surface area contributed by atoms with Crippen LogP contribution in [0.25, 0.3) is 0 Å². The van der Waals surface area contributed by atoms with Crippen molar-refractivity contribution in [3.63, 3.8) is 0 Å². The Hall–Kier alpha value is -2.96. The Morgan fingerprint density at radius 1 is 0.842 bits per heavy atom. The highest BCUT2D eigenvalue weighted by Crippen LogP contribution is 2.12. The van der Waals surface area contributed by atoms with E-state index in [2.05, 4.69) is 15.3 Å². The van der Waals surface area contributed by atoms with E-state index in [0.29, 0.717) is 22.8 Å². The van der Waals surface area contributed by atoms with Crippen LogP contribution in [0.2, 0.25) is 0 Å². The average Bonchev–Trinajstić information content (AvgIpc) is 2.40. The lowest BCUT2D eigenvalue weighted by molar-refractivity contribution is 0.0991. The van der Waals surface area contributed by atoms with Crippen molar-refractivity contribution in [2.24, 2.45) is 11.5 Å². The Morgan fingerprint density at radius 3 is 1.53 bits per heavy atom. The van der Waals surface area contributed by atoms with Gasteiger partial charge in [-0.05, 0) is 24.3 Å². The maximum absolute atomic E-state index is 10.9. The van der Waals surface area contributed by atoms with Crippen molar-refractivity contribution in [3.8, 4) is 0 Å². The summed E-state index contributed by atoms with van der Waals surface area (Å²) >= 11 is 0. The van der Waals surface area contributed by atoms with Crippen molar-refractivity contribution in [1.82, 2.24) is 9.97 Å². The highest BCUT2D eigenvalue weighted by atomic mass is 16.1. The zero-order chi connectivity index (χ0) is 13.8. The average molecular weight is 257 g/mol. The second-order valence-corrected chi connectivity index (χ2v) is 3.72. The number of primary amides is 2. The molecule has 0 unspecified atom stereocenters. The fraction of sp³-hybridized carbons (Fsp3) is 0. The zero-order valence-corrected chi connectivity index (χ0v) is 9.83. The minimum atomic E-state index is -0.539. The molecule has 96 valence electrons. The van der Waals surface area contributed by atoms with Gasteiger partial charge in [-0.3, -0.25) is 9.59 Å². The molecular weight excluding hydrogens is 246 g/mol. The lowest BCUT2D eigenvalue weighted by Gasteiger charge is -2.05. The molecule has 0 atom stereocenters. The second-order valence-electron chi connectivity index (χ2n) is 3.72. The summed E-state index contributed by atoms with van der Waals surface area (Å²) in [6.45, 7) is 0. The fourth-order valence-corrected chi connectivity index (χ4v) is 1.36. The van der Waals surface area contributed by atoms with Crippen LogP contribution in [0.5, 0.6) is 0 Å². The molecule has 0 saturated heterocycles. The molecule has 0 spiro atoms. The molecule has 0 aliphatic carbocycles. The van der Waals surface area contributed by atoms with Crippen LogP contribution >= 0.6 is 0 Å². The van der Waals surface area contributed by atoms with E-state index in [9.17, 15) is 9.59 Å². The second kappa shape index (κ2) is 5.13. The molecule has 19 heavy (non-hydrogen) atoms. The van der Waals surface area contributed by atoms with E-state index in [1.165, 1.54) is 12.4 Å². The molecular formula is C12H11N5O2. The van der Waals surface area contributed by atoms with E-state index in [1.807, 2.05) is 0 Å². The van der Waals surface area contributed by atoms with Crippen LogP contribution in [0.3, 0.4) is 0 Å². The molecule has 0 aliphatic rings. The number of nitrogens with zero attached hydrogens (tertiary/aromatic N) is 2. The maximum Gasteiger partial charge on any atom is 0.250 e. The Bertz CT molecular complexity index is 552. The van der Waals surface area contributed by atoms with E-state index < -0.39 is 11.8 Å². The van der Waals surface area contributed by atoms with Gasteiger partial charge in [-0.2, -0.15) is 0 Å². The van der Waals surface area contributed by atoms with Crippen molar-refractivity contribution >= 4 is 23.5 Å². The van der Waals surface area contributed by atoms with Gasteiger partial charge in [-0.15, -0.1) is 0 Å². The van der Waals surface area contributed by atoms with Crippen LogP contribution in [0.4, 0.5) is 11.6 Å². The fourth-order valence-electron chi connectivity index (χ4n) is 1.36. The molecule has 2 aromatic rings. The van der Waals surface area contributed by atoms with E-state index in [1.54, 1.807) is 24.3 Å². The van der Waals surface area contributed by atoms with Crippen LogP contribution in [-0.4, -0.2) is 21.8 Å². The molecule has 0 fully saturated rings. The van der Waals surface area contributed by atoms with Crippen molar-refractivity contribution in [2.45, 2.75) is 0 Å². The van der Waals surface area contributed by atoms with Crippen LogP contribution in [0, 0.1) is 0 Å².